The van der Waals surface area contributed by atoms with E-state index in [9.17, 15) is 8.78 Å². The summed E-state index contributed by atoms with van der Waals surface area (Å²) in [6.45, 7) is 1.66. The summed E-state index contributed by atoms with van der Waals surface area (Å²) in [5.74, 6) is -1.90. The van der Waals surface area contributed by atoms with Gasteiger partial charge in [0, 0.05) is 0 Å². The fourth-order valence-electron chi connectivity index (χ4n) is 0.455. The zero-order valence-corrected chi connectivity index (χ0v) is 5.95. The third-order valence-corrected chi connectivity index (χ3v) is 1.34. The van der Waals surface area contributed by atoms with Crippen molar-refractivity contribution >= 4 is 11.8 Å². The highest BCUT2D eigenvalue weighted by Crippen LogP contribution is 2.20. The maximum Gasteiger partial charge on any atom is 0.291 e. The van der Waals surface area contributed by atoms with Crippen molar-refractivity contribution in [3.63, 3.8) is 0 Å². The number of aryl methyl sites for hydroxylation is 1. The molecule has 0 atom stereocenters. The average Bonchev–Trinajstić information content (AvgIpc) is 2.13. The molecular weight excluding hydrogens is 160 g/mol. The molecule has 0 spiro atoms. The fourth-order valence-corrected chi connectivity index (χ4v) is 0.902. The van der Waals surface area contributed by atoms with Crippen molar-refractivity contribution < 1.29 is 8.78 Å². The first-order valence-electron chi connectivity index (χ1n) is 2.52. The number of hydrogen-bond acceptors (Lipinski definition) is 3. The number of aromatic amines is 1. The molecule has 10 heavy (non-hydrogen) atoms. The lowest BCUT2D eigenvalue weighted by Crippen LogP contribution is -1.82. The van der Waals surface area contributed by atoms with E-state index in [1.807, 2.05) is 0 Å². The number of halogens is 2. The summed E-state index contributed by atoms with van der Waals surface area (Å²) in [4.78, 5) is 3.67. The molecule has 0 aliphatic carbocycles. The molecule has 1 aromatic rings. The van der Waals surface area contributed by atoms with Crippen molar-refractivity contribution in [2.75, 3.05) is 0 Å². The molecule has 56 valence electrons. The zero-order chi connectivity index (χ0) is 7.56. The lowest BCUT2D eigenvalue weighted by molar-refractivity contribution is 0.251. The van der Waals surface area contributed by atoms with E-state index in [-0.39, 0.29) is 5.16 Å². The Morgan fingerprint density at radius 1 is 1.60 bits per heavy atom. The van der Waals surface area contributed by atoms with Crippen molar-refractivity contribution in [1.29, 1.82) is 0 Å². The van der Waals surface area contributed by atoms with Gasteiger partial charge in [-0.3, -0.25) is 5.10 Å². The van der Waals surface area contributed by atoms with Crippen molar-refractivity contribution in [3.05, 3.63) is 5.82 Å². The summed E-state index contributed by atoms with van der Waals surface area (Å²) < 4.78 is 23.2. The smallest absolute Gasteiger partial charge is 0.262 e. The summed E-state index contributed by atoms with van der Waals surface area (Å²) in [5, 5.41) is 6.05. The van der Waals surface area contributed by atoms with Crippen LogP contribution < -0.4 is 0 Å². The number of thioether (sulfide) groups is 1. The van der Waals surface area contributed by atoms with Crippen LogP contribution in [0.4, 0.5) is 8.78 Å². The normalized spacial score (nSPS) is 10.8. The Morgan fingerprint density at radius 2 is 2.30 bits per heavy atom. The highest BCUT2D eigenvalue weighted by molar-refractivity contribution is 7.99. The van der Waals surface area contributed by atoms with E-state index in [2.05, 4.69) is 15.2 Å². The van der Waals surface area contributed by atoms with Gasteiger partial charge in [0.05, 0.1) is 0 Å². The number of hydrogen-bond donors (Lipinski definition) is 1. The average molecular weight is 165 g/mol. The Balaban J connectivity index is 2.58. The molecule has 0 aromatic carbocycles. The van der Waals surface area contributed by atoms with Crippen LogP contribution in [0.2, 0.25) is 0 Å². The van der Waals surface area contributed by atoms with Gasteiger partial charge in [0.25, 0.3) is 5.76 Å². The molecule has 0 saturated carbocycles. The van der Waals surface area contributed by atoms with Gasteiger partial charge in [-0.1, -0.05) is 0 Å². The molecule has 3 nitrogen and oxygen atoms in total. The Labute approximate surface area is 60.2 Å². The minimum Gasteiger partial charge on any atom is -0.262 e. The number of H-pyrrole nitrogens is 1. The number of rotatable bonds is 2. The lowest BCUT2D eigenvalue weighted by atomic mass is 10.8. The predicted octanol–water partition coefficient (Wildman–Crippen LogP) is 1.43. The second-order valence-corrected chi connectivity index (χ2v) is 2.54. The van der Waals surface area contributed by atoms with E-state index in [1.165, 1.54) is 0 Å². The second-order valence-electron chi connectivity index (χ2n) is 1.58. The van der Waals surface area contributed by atoms with Gasteiger partial charge in [-0.2, -0.15) is 8.78 Å². The van der Waals surface area contributed by atoms with Crippen LogP contribution in [0.5, 0.6) is 0 Å². The molecule has 0 fully saturated rings. The van der Waals surface area contributed by atoms with Gasteiger partial charge in [-0.15, -0.1) is 5.10 Å². The summed E-state index contributed by atoms with van der Waals surface area (Å²) in [6, 6.07) is 0. The Morgan fingerprint density at radius 3 is 2.70 bits per heavy atom. The van der Waals surface area contributed by atoms with Crippen LogP contribution in [-0.2, 0) is 0 Å². The molecule has 0 aliphatic heterocycles. The van der Waals surface area contributed by atoms with Crippen LogP contribution in [0.15, 0.2) is 5.16 Å². The molecule has 0 bridgehead atoms. The maximum atomic E-state index is 11.6. The van der Waals surface area contributed by atoms with E-state index in [1.54, 1.807) is 6.92 Å². The first-order valence-corrected chi connectivity index (χ1v) is 3.40. The van der Waals surface area contributed by atoms with Crippen LogP contribution in [0, 0.1) is 6.92 Å². The standard InChI is InChI=1S/C4H5F2N3S/c1-2-7-4(9-8-2)10-3(5)6/h3H,1H3,(H,7,8,9). The number of nitrogens with zero attached hydrogens (tertiary/aromatic N) is 2. The molecule has 1 N–H and O–H groups in total. The minimum atomic E-state index is -2.45. The molecule has 0 saturated heterocycles. The Kier molecular flexibility index (Phi) is 2.21. The van der Waals surface area contributed by atoms with Gasteiger partial charge < -0.3 is 0 Å². The van der Waals surface area contributed by atoms with Crippen LogP contribution in [0.3, 0.4) is 0 Å². The third-order valence-electron chi connectivity index (χ3n) is 0.771. The quantitative estimate of drug-likeness (QED) is 0.674. The van der Waals surface area contributed by atoms with Gasteiger partial charge >= 0.3 is 0 Å². The monoisotopic (exact) mass is 165 g/mol. The molecule has 0 radical (unpaired) electrons. The summed E-state index contributed by atoms with van der Waals surface area (Å²) in [6.07, 6.45) is 0. The molecule has 6 heteroatoms. The van der Waals surface area contributed by atoms with E-state index in [0.717, 1.165) is 0 Å². The minimum absolute atomic E-state index is 0.0903. The van der Waals surface area contributed by atoms with Crippen molar-refractivity contribution in [3.8, 4) is 0 Å². The summed E-state index contributed by atoms with van der Waals surface area (Å²) in [5.41, 5.74) is 0. The Bertz CT molecular complexity index is 212. The van der Waals surface area contributed by atoms with Gasteiger partial charge in [-0.25, -0.2) is 4.98 Å². The maximum absolute atomic E-state index is 11.6. The summed E-state index contributed by atoms with van der Waals surface area (Å²) >= 11 is 0.332. The topological polar surface area (TPSA) is 41.6 Å². The molecular formula is C4H5F2N3S. The van der Waals surface area contributed by atoms with Crippen molar-refractivity contribution in [2.24, 2.45) is 0 Å². The van der Waals surface area contributed by atoms with Crippen LogP contribution in [-0.4, -0.2) is 20.9 Å². The van der Waals surface area contributed by atoms with E-state index < -0.39 is 5.76 Å². The number of alkyl halides is 2. The molecule has 0 aliphatic rings. The molecule has 0 amide bonds. The Hall–Kier alpha value is -0.650. The second kappa shape index (κ2) is 2.96. The van der Waals surface area contributed by atoms with Crippen molar-refractivity contribution in [2.45, 2.75) is 17.8 Å². The van der Waals surface area contributed by atoms with Gasteiger partial charge in [0.1, 0.15) is 5.82 Å². The molecule has 1 aromatic heterocycles. The lowest BCUT2D eigenvalue weighted by Gasteiger charge is -1.88. The van der Waals surface area contributed by atoms with E-state index >= 15 is 0 Å². The summed E-state index contributed by atoms with van der Waals surface area (Å²) in [7, 11) is 0. The van der Waals surface area contributed by atoms with Crippen LogP contribution in [0.25, 0.3) is 0 Å². The van der Waals surface area contributed by atoms with E-state index in [4.69, 9.17) is 0 Å². The van der Waals surface area contributed by atoms with Crippen LogP contribution in [0.1, 0.15) is 5.82 Å². The third kappa shape index (κ3) is 1.94. The van der Waals surface area contributed by atoms with E-state index in [0.29, 0.717) is 17.6 Å². The fraction of sp³-hybridized carbons (Fsp3) is 0.500. The highest BCUT2D eigenvalue weighted by Gasteiger charge is 2.08. The largest absolute Gasteiger partial charge is 0.291 e. The highest BCUT2D eigenvalue weighted by atomic mass is 32.2. The molecule has 1 rings (SSSR count). The molecule has 1 heterocycles. The molecule has 0 unspecified atom stereocenters. The zero-order valence-electron chi connectivity index (χ0n) is 5.14. The van der Waals surface area contributed by atoms with Crippen molar-refractivity contribution in [1.82, 2.24) is 15.2 Å². The predicted molar refractivity (Wildman–Crippen MR) is 33.0 cm³/mol. The van der Waals surface area contributed by atoms with Gasteiger partial charge in [-0.05, 0) is 18.7 Å². The number of nitrogens with one attached hydrogen (secondary N) is 1. The van der Waals surface area contributed by atoms with Gasteiger partial charge in [0.2, 0.25) is 5.16 Å². The van der Waals surface area contributed by atoms with Gasteiger partial charge in [0.15, 0.2) is 0 Å². The number of aromatic nitrogens is 3. The first kappa shape index (κ1) is 7.46. The van der Waals surface area contributed by atoms with Crippen LogP contribution >= 0.6 is 11.8 Å². The first-order chi connectivity index (χ1) is 4.68. The SMILES string of the molecule is Cc1nc(SC(F)F)n[nH]1.